The zero-order valence-electron chi connectivity index (χ0n) is 9.77. The Hall–Kier alpha value is -2.03. The third-order valence-corrected chi connectivity index (χ3v) is 3.17. The average molecular weight is 246 g/mol. The first-order valence-corrected chi connectivity index (χ1v) is 5.78. The molecule has 0 atom stereocenters. The number of hydrogen-bond donors (Lipinski definition) is 1. The van der Waals surface area contributed by atoms with Gasteiger partial charge in [0.2, 0.25) is 0 Å². The number of rotatable bonds is 2. The number of benzene rings is 1. The smallest absolute Gasteiger partial charge is 0.335 e. The van der Waals surface area contributed by atoms with Crippen LogP contribution >= 0.6 is 0 Å². The Morgan fingerprint density at radius 1 is 1.39 bits per heavy atom. The minimum atomic E-state index is -1.14. The molecule has 92 valence electrons. The Balaban J connectivity index is 2.19. The Labute approximate surface area is 105 Å². The van der Waals surface area contributed by atoms with Gasteiger partial charge in [-0.25, -0.2) is 14.4 Å². The Morgan fingerprint density at radius 2 is 2.06 bits per heavy atom. The lowest BCUT2D eigenvalue weighted by Gasteiger charge is -2.30. The molecule has 0 aliphatic carbocycles. The van der Waals surface area contributed by atoms with Crippen molar-refractivity contribution in [3.63, 3.8) is 0 Å². The molecule has 18 heavy (non-hydrogen) atoms. The number of aromatic carboxylic acids is 1. The van der Waals surface area contributed by atoms with Crippen molar-refractivity contribution < 1.29 is 14.3 Å². The molecule has 0 saturated carbocycles. The molecule has 4 nitrogen and oxygen atoms in total. The van der Waals surface area contributed by atoms with Crippen LogP contribution in [0.5, 0.6) is 0 Å². The largest absolute Gasteiger partial charge is 0.478 e. The van der Waals surface area contributed by atoms with Gasteiger partial charge >= 0.3 is 5.97 Å². The lowest BCUT2D eigenvalue weighted by Crippen LogP contribution is -2.36. The minimum absolute atomic E-state index is 0.0487. The van der Waals surface area contributed by atoms with Crippen LogP contribution in [0.2, 0.25) is 12.6 Å². The Bertz CT molecular complexity index is 507. The zero-order valence-corrected chi connectivity index (χ0v) is 9.77. The predicted octanol–water partition coefficient (Wildman–Crippen LogP) is 1.90. The SMILES string of the molecule is N#CB1CCN(c2cc(F)cc(C(=O)O)c2)CC1. The highest BCUT2D eigenvalue weighted by molar-refractivity contribution is 6.67. The Morgan fingerprint density at radius 3 is 2.61 bits per heavy atom. The maximum Gasteiger partial charge on any atom is 0.335 e. The van der Waals surface area contributed by atoms with Crippen molar-refractivity contribution in [3.8, 4) is 5.97 Å². The van der Waals surface area contributed by atoms with E-state index in [1.165, 1.54) is 12.1 Å². The fourth-order valence-corrected chi connectivity index (χ4v) is 2.15. The van der Waals surface area contributed by atoms with Crippen molar-refractivity contribution in [2.24, 2.45) is 0 Å². The second-order valence-electron chi connectivity index (χ2n) is 4.39. The van der Waals surface area contributed by atoms with Gasteiger partial charge in [-0.05, 0) is 30.8 Å². The van der Waals surface area contributed by atoms with Crippen molar-refractivity contribution >= 4 is 18.4 Å². The average Bonchev–Trinajstić information content (AvgIpc) is 2.38. The van der Waals surface area contributed by atoms with Gasteiger partial charge in [-0.2, -0.15) is 0 Å². The summed E-state index contributed by atoms with van der Waals surface area (Å²) >= 11 is 0. The number of carboxylic acid groups (broad SMARTS) is 1. The third kappa shape index (κ3) is 2.62. The molecule has 0 radical (unpaired) electrons. The lowest BCUT2D eigenvalue weighted by molar-refractivity contribution is 0.0696. The maximum absolute atomic E-state index is 13.3. The molecule has 2 rings (SSSR count). The summed E-state index contributed by atoms with van der Waals surface area (Å²) < 4.78 is 13.3. The lowest BCUT2D eigenvalue weighted by atomic mass is 9.45. The van der Waals surface area contributed by atoms with Gasteiger partial charge in [-0.15, -0.1) is 0 Å². The first-order valence-electron chi connectivity index (χ1n) is 5.78. The zero-order chi connectivity index (χ0) is 13.1. The molecule has 1 heterocycles. The molecule has 1 fully saturated rings. The monoisotopic (exact) mass is 246 g/mol. The molecular formula is C12H12BFN2O2. The topological polar surface area (TPSA) is 64.3 Å². The van der Waals surface area contributed by atoms with E-state index >= 15 is 0 Å². The maximum atomic E-state index is 13.3. The summed E-state index contributed by atoms with van der Waals surface area (Å²) in [6, 6.07) is 3.81. The first kappa shape index (κ1) is 12.4. The molecule has 1 N–H and O–H groups in total. The van der Waals surface area contributed by atoms with Crippen LogP contribution in [-0.2, 0) is 0 Å². The van der Waals surface area contributed by atoms with E-state index < -0.39 is 11.8 Å². The molecule has 0 amide bonds. The number of halogens is 1. The van der Waals surface area contributed by atoms with Gasteiger partial charge in [0.25, 0.3) is 6.71 Å². The van der Waals surface area contributed by atoms with Crippen LogP contribution in [0.25, 0.3) is 0 Å². The van der Waals surface area contributed by atoms with Gasteiger partial charge in [0.05, 0.1) is 5.56 Å². The minimum Gasteiger partial charge on any atom is -0.478 e. The van der Waals surface area contributed by atoms with Crippen molar-refractivity contribution in [2.45, 2.75) is 12.6 Å². The van der Waals surface area contributed by atoms with E-state index in [0.717, 1.165) is 18.7 Å². The van der Waals surface area contributed by atoms with Crippen LogP contribution in [0.4, 0.5) is 10.1 Å². The predicted molar refractivity (Wildman–Crippen MR) is 66.6 cm³/mol. The highest BCUT2D eigenvalue weighted by Gasteiger charge is 2.23. The molecular weight excluding hydrogens is 234 g/mol. The number of carbonyl (C=O) groups is 1. The van der Waals surface area contributed by atoms with Crippen LogP contribution in [0.15, 0.2) is 18.2 Å². The van der Waals surface area contributed by atoms with Gasteiger partial charge in [0, 0.05) is 24.7 Å². The summed E-state index contributed by atoms with van der Waals surface area (Å²) in [6.07, 6.45) is 1.46. The normalized spacial score (nSPS) is 15.3. The summed E-state index contributed by atoms with van der Waals surface area (Å²) in [6.45, 7) is 1.36. The fourth-order valence-electron chi connectivity index (χ4n) is 2.15. The van der Waals surface area contributed by atoms with Crippen molar-refractivity contribution in [2.75, 3.05) is 18.0 Å². The fraction of sp³-hybridized carbons (Fsp3) is 0.333. The van der Waals surface area contributed by atoms with E-state index in [-0.39, 0.29) is 12.3 Å². The summed E-state index contributed by atoms with van der Waals surface area (Å²) in [5, 5.41) is 17.7. The van der Waals surface area contributed by atoms with Gasteiger partial charge in [-0.1, -0.05) is 0 Å². The van der Waals surface area contributed by atoms with Crippen molar-refractivity contribution in [1.82, 2.24) is 0 Å². The van der Waals surface area contributed by atoms with Crippen LogP contribution < -0.4 is 4.90 Å². The summed E-state index contributed by atoms with van der Waals surface area (Å²) in [5.41, 5.74) is 0.524. The number of anilines is 1. The summed E-state index contributed by atoms with van der Waals surface area (Å²) in [5.74, 6) is 0.537. The van der Waals surface area contributed by atoms with Gasteiger partial charge in [-0.3, -0.25) is 0 Å². The molecule has 1 saturated heterocycles. The van der Waals surface area contributed by atoms with Crippen molar-refractivity contribution in [3.05, 3.63) is 29.6 Å². The summed E-state index contributed by atoms with van der Waals surface area (Å²) in [7, 11) is 0. The van der Waals surface area contributed by atoms with E-state index in [2.05, 4.69) is 5.97 Å². The molecule has 1 aliphatic rings. The molecule has 1 aromatic rings. The van der Waals surface area contributed by atoms with Crippen molar-refractivity contribution in [1.29, 1.82) is 5.26 Å². The van der Waals surface area contributed by atoms with Crippen LogP contribution in [0, 0.1) is 17.0 Å². The number of hydrogen-bond acceptors (Lipinski definition) is 3. The van der Waals surface area contributed by atoms with E-state index in [1.807, 2.05) is 4.90 Å². The second-order valence-corrected chi connectivity index (χ2v) is 4.39. The highest BCUT2D eigenvalue weighted by Crippen LogP contribution is 2.23. The van der Waals surface area contributed by atoms with Crippen LogP contribution in [0.3, 0.4) is 0 Å². The number of carboxylic acids is 1. The number of nitrogens with zero attached hydrogens (tertiary/aromatic N) is 2. The standard InChI is InChI=1S/C12H12BFN2O2/c14-10-5-9(12(17)18)6-11(7-10)16-3-1-13(8-15)2-4-16/h5-7H,1-4H2,(H,17,18). The molecule has 6 heteroatoms. The highest BCUT2D eigenvalue weighted by atomic mass is 19.1. The van der Waals surface area contributed by atoms with E-state index in [4.69, 9.17) is 10.4 Å². The third-order valence-electron chi connectivity index (χ3n) is 3.17. The second kappa shape index (κ2) is 5.09. The number of nitriles is 1. The van der Waals surface area contributed by atoms with Gasteiger partial charge < -0.3 is 10.0 Å². The molecule has 1 aliphatic heterocycles. The first-order chi connectivity index (χ1) is 8.60. The van der Waals surface area contributed by atoms with Crippen LogP contribution in [0.1, 0.15) is 10.4 Å². The summed E-state index contributed by atoms with van der Waals surface area (Å²) in [4.78, 5) is 12.8. The quantitative estimate of drug-likeness (QED) is 0.809. The van der Waals surface area contributed by atoms with Gasteiger partial charge in [0.1, 0.15) is 5.82 Å². The van der Waals surface area contributed by atoms with E-state index in [0.29, 0.717) is 18.8 Å². The molecule has 0 spiro atoms. The van der Waals surface area contributed by atoms with E-state index in [1.54, 1.807) is 0 Å². The van der Waals surface area contributed by atoms with E-state index in [9.17, 15) is 9.18 Å². The molecule has 0 unspecified atom stereocenters. The van der Waals surface area contributed by atoms with Crippen LogP contribution in [-0.4, -0.2) is 30.9 Å². The van der Waals surface area contributed by atoms with Gasteiger partial charge in [0.15, 0.2) is 0 Å². The molecule has 0 aromatic heterocycles. The Kier molecular flexibility index (Phi) is 3.51. The molecule has 1 aromatic carbocycles. The molecule has 0 bridgehead atoms.